The number of carbonyl (C=O) groups is 1. The largest absolute Gasteiger partial charge is 0.573 e. The molecule has 10 heteroatoms. The average Bonchev–Trinajstić information content (AvgIpc) is 3.06. The standard InChI is InChI=1S/C18H11F4NO4S/c19-16-4-2-1-3-15(16)17-9-12(11-24)10-23(17)28(25,26)14-7-5-13(6-8-14)27-18(20,21)22/h1-11H. The van der Waals surface area contributed by atoms with Gasteiger partial charge in [-0.05, 0) is 42.5 Å². The first kappa shape index (κ1) is 19.6. The van der Waals surface area contributed by atoms with Gasteiger partial charge < -0.3 is 4.74 Å². The molecule has 5 nitrogen and oxygen atoms in total. The third kappa shape index (κ3) is 3.91. The lowest BCUT2D eigenvalue weighted by atomic mass is 10.1. The molecule has 0 amide bonds. The Balaban J connectivity index is 2.09. The molecule has 3 aromatic rings. The van der Waals surface area contributed by atoms with Crippen LogP contribution in [0.2, 0.25) is 0 Å². The minimum absolute atomic E-state index is 0.0150. The summed E-state index contributed by atoms with van der Waals surface area (Å²) in [5.74, 6) is -1.30. The van der Waals surface area contributed by atoms with Gasteiger partial charge in [0.1, 0.15) is 11.6 Å². The molecule has 0 aliphatic heterocycles. The van der Waals surface area contributed by atoms with Gasteiger partial charge in [0.25, 0.3) is 10.0 Å². The summed E-state index contributed by atoms with van der Waals surface area (Å²) in [5.41, 5.74) is -0.175. The van der Waals surface area contributed by atoms with E-state index in [4.69, 9.17) is 0 Å². The van der Waals surface area contributed by atoms with Gasteiger partial charge in [-0.25, -0.2) is 16.8 Å². The fourth-order valence-corrected chi connectivity index (χ4v) is 3.90. The van der Waals surface area contributed by atoms with E-state index < -0.39 is 28.0 Å². The third-order valence-corrected chi connectivity index (χ3v) is 5.40. The van der Waals surface area contributed by atoms with Gasteiger partial charge in [0.05, 0.1) is 10.6 Å². The zero-order chi connectivity index (χ0) is 20.5. The molecule has 0 saturated heterocycles. The van der Waals surface area contributed by atoms with Crippen LogP contribution in [-0.2, 0) is 10.0 Å². The van der Waals surface area contributed by atoms with E-state index >= 15 is 0 Å². The fraction of sp³-hybridized carbons (Fsp3) is 0.0556. The first-order chi connectivity index (χ1) is 13.1. The summed E-state index contributed by atoms with van der Waals surface area (Å²) in [7, 11) is -4.33. The predicted octanol–water partition coefficient (Wildman–Crippen LogP) is 4.24. The molecule has 0 bridgehead atoms. The highest BCUT2D eigenvalue weighted by molar-refractivity contribution is 7.90. The van der Waals surface area contributed by atoms with Gasteiger partial charge in [-0.3, -0.25) is 4.79 Å². The third-order valence-electron chi connectivity index (χ3n) is 3.71. The van der Waals surface area contributed by atoms with E-state index in [1.807, 2.05) is 0 Å². The lowest BCUT2D eigenvalue weighted by Crippen LogP contribution is -2.17. The topological polar surface area (TPSA) is 65.4 Å². The zero-order valence-corrected chi connectivity index (χ0v) is 14.7. The normalized spacial score (nSPS) is 12.0. The Morgan fingerprint density at radius 2 is 1.64 bits per heavy atom. The summed E-state index contributed by atoms with van der Waals surface area (Å²) in [5, 5.41) is 0. The number of nitrogens with zero attached hydrogens (tertiary/aromatic N) is 1. The lowest BCUT2D eigenvalue weighted by molar-refractivity contribution is -0.274. The van der Waals surface area contributed by atoms with Gasteiger partial charge in [0.2, 0.25) is 0 Å². The number of hydrogen-bond acceptors (Lipinski definition) is 4. The molecule has 1 heterocycles. The predicted molar refractivity (Wildman–Crippen MR) is 90.9 cm³/mol. The van der Waals surface area contributed by atoms with Gasteiger partial charge in [0.15, 0.2) is 6.29 Å². The second-order valence-corrected chi connectivity index (χ2v) is 7.39. The Morgan fingerprint density at radius 1 is 1.00 bits per heavy atom. The van der Waals surface area contributed by atoms with E-state index in [-0.39, 0.29) is 21.7 Å². The van der Waals surface area contributed by atoms with Gasteiger partial charge in [-0.1, -0.05) is 12.1 Å². The van der Waals surface area contributed by atoms with Crippen LogP contribution in [0.1, 0.15) is 10.4 Å². The number of ether oxygens (including phenoxy) is 1. The van der Waals surface area contributed by atoms with Crippen LogP contribution in [0.4, 0.5) is 17.6 Å². The first-order valence-corrected chi connectivity index (χ1v) is 9.10. The summed E-state index contributed by atoms with van der Waals surface area (Å²) in [6, 6.07) is 10.1. The van der Waals surface area contributed by atoms with Crippen LogP contribution in [0.25, 0.3) is 11.3 Å². The second kappa shape index (κ2) is 7.12. The number of aldehydes is 1. The van der Waals surface area contributed by atoms with Crippen molar-refractivity contribution < 1.29 is 35.5 Å². The van der Waals surface area contributed by atoms with Crippen LogP contribution in [0.15, 0.2) is 65.7 Å². The summed E-state index contributed by atoms with van der Waals surface area (Å²) in [6.45, 7) is 0. The van der Waals surface area contributed by atoms with Crippen LogP contribution < -0.4 is 4.74 Å². The molecule has 0 saturated carbocycles. The Bertz CT molecular complexity index is 1120. The van der Waals surface area contributed by atoms with Crippen molar-refractivity contribution in [1.82, 2.24) is 3.97 Å². The maximum Gasteiger partial charge on any atom is 0.573 e. The zero-order valence-electron chi connectivity index (χ0n) is 13.9. The molecule has 0 unspecified atom stereocenters. The fourth-order valence-electron chi connectivity index (χ4n) is 2.52. The lowest BCUT2D eigenvalue weighted by Gasteiger charge is -2.12. The maximum atomic E-state index is 14.2. The van der Waals surface area contributed by atoms with Crippen molar-refractivity contribution in [3.63, 3.8) is 0 Å². The van der Waals surface area contributed by atoms with Crippen molar-refractivity contribution in [2.45, 2.75) is 11.3 Å². The highest BCUT2D eigenvalue weighted by Gasteiger charge is 2.31. The van der Waals surface area contributed by atoms with Gasteiger partial charge in [0, 0.05) is 17.3 Å². The maximum absolute atomic E-state index is 14.2. The van der Waals surface area contributed by atoms with Crippen LogP contribution in [-0.4, -0.2) is 25.0 Å². The monoisotopic (exact) mass is 413 g/mol. The van der Waals surface area contributed by atoms with Gasteiger partial charge in [-0.2, -0.15) is 0 Å². The van der Waals surface area contributed by atoms with E-state index in [9.17, 15) is 30.8 Å². The minimum atomic E-state index is -4.92. The second-order valence-electron chi connectivity index (χ2n) is 5.58. The number of rotatable bonds is 5. The molecule has 3 rings (SSSR count). The molecule has 1 aromatic heterocycles. The van der Waals surface area contributed by atoms with E-state index in [0.29, 0.717) is 10.3 Å². The summed E-state index contributed by atoms with van der Waals surface area (Å²) >= 11 is 0. The molecule has 28 heavy (non-hydrogen) atoms. The van der Waals surface area contributed by atoms with Gasteiger partial charge >= 0.3 is 6.36 Å². The van der Waals surface area contributed by atoms with Crippen molar-refractivity contribution in [3.8, 4) is 17.0 Å². The highest BCUT2D eigenvalue weighted by atomic mass is 32.2. The Hall–Kier alpha value is -3.14. The molecule has 2 aromatic carbocycles. The Labute approximate surface area is 156 Å². The SMILES string of the molecule is O=Cc1cc(-c2ccccc2F)n(S(=O)(=O)c2ccc(OC(F)(F)F)cc2)c1. The number of hydrogen-bond donors (Lipinski definition) is 0. The number of carbonyl (C=O) groups excluding carboxylic acids is 1. The van der Waals surface area contributed by atoms with Crippen LogP contribution in [0.5, 0.6) is 5.75 Å². The highest BCUT2D eigenvalue weighted by Crippen LogP contribution is 2.30. The molecule has 0 radical (unpaired) electrons. The van der Waals surface area contributed by atoms with Crippen molar-refractivity contribution in [1.29, 1.82) is 0 Å². The molecule has 0 spiro atoms. The molecule has 0 aliphatic carbocycles. The molecule has 0 aliphatic rings. The van der Waals surface area contributed by atoms with Crippen LogP contribution in [0.3, 0.4) is 0 Å². The average molecular weight is 413 g/mol. The van der Waals surface area contributed by atoms with Crippen molar-refractivity contribution in [3.05, 3.63) is 72.2 Å². The summed E-state index contributed by atoms with van der Waals surface area (Å²) in [4.78, 5) is 10.7. The molecule has 0 fully saturated rings. The molecule has 0 atom stereocenters. The number of aromatic nitrogens is 1. The smallest absolute Gasteiger partial charge is 0.406 e. The van der Waals surface area contributed by atoms with Crippen molar-refractivity contribution in [2.75, 3.05) is 0 Å². The van der Waals surface area contributed by atoms with Crippen LogP contribution >= 0.6 is 0 Å². The Kier molecular flexibility index (Phi) is 4.99. The number of halogens is 4. The molecular formula is C18H11F4NO4S. The summed E-state index contributed by atoms with van der Waals surface area (Å²) in [6.07, 6.45) is -3.52. The Morgan fingerprint density at radius 3 is 2.21 bits per heavy atom. The number of benzene rings is 2. The quantitative estimate of drug-likeness (QED) is 0.464. The molecule has 0 N–H and O–H groups in total. The van der Waals surface area contributed by atoms with E-state index in [2.05, 4.69) is 4.74 Å². The first-order valence-electron chi connectivity index (χ1n) is 7.66. The van der Waals surface area contributed by atoms with Crippen LogP contribution in [0, 0.1) is 5.82 Å². The molecular weight excluding hydrogens is 402 g/mol. The summed E-state index contributed by atoms with van der Waals surface area (Å²) < 4.78 is 81.2. The van der Waals surface area contributed by atoms with E-state index in [1.54, 1.807) is 0 Å². The van der Waals surface area contributed by atoms with Crippen molar-refractivity contribution in [2.24, 2.45) is 0 Å². The van der Waals surface area contributed by atoms with Crippen molar-refractivity contribution >= 4 is 16.3 Å². The van der Waals surface area contributed by atoms with E-state index in [1.165, 1.54) is 24.3 Å². The van der Waals surface area contributed by atoms with Gasteiger partial charge in [-0.15, -0.1) is 13.2 Å². The number of alkyl halides is 3. The minimum Gasteiger partial charge on any atom is -0.406 e. The van der Waals surface area contributed by atoms with E-state index in [0.717, 1.165) is 36.5 Å². The molecule has 146 valence electrons.